The van der Waals surface area contributed by atoms with Crippen LogP contribution >= 0.6 is 0 Å². The van der Waals surface area contributed by atoms with Gasteiger partial charge in [-0.15, -0.1) is 0 Å². The minimum absolute atomic E-state index is 0.0246. The first-order chi connectivity index (χ1) is 15.1. The van der Waals surface area contributed by atoms with Crippen LogP contribution in [0.3, 0.4) is 0 Å². The van der Waals surface area contributed by atoms with Crippen molar-refractivity contribution in [3.63, 3.8) is 0 Å². The molecular formula is C24H26F5N3. The SMILES string of the molecule is CC[C@@H]1CC(C)C(Nc2cc(F)cc3nc(C)ncc23)c2ccc(F)c(C)c21.FC(F)F. The van der Waals surface area contributed by atoms with E-state index in [0.717, 1.165) is 34.9 Å². The number of anilines is 1. The molecule has 1 N–H and O–H groups in total. The van der Waals surface area contributed by atoms with Gasteiger partial charge >= 0.3 is 6.68 Å². The van der Waals surface area contributed by atoms with E-state index < -0.39 is 6.68 Å². The van der Waals surface area contributed by atoms with Gasteiger partial charge in [-0.1, -0.05) is 19.9 Å². The first-order valence-electron chi connectivity index (χ1n) is 10.5. The molecule has 2 unspecified atom stereocenters. The standard InChI is InChI=1S/C23H25F2N3.CHF3/c1-5-15-8-12(2)23(17-6-7-19(25)13(3)22(15)17)28-21-10-16(24)9-20-18(21)11-26-14(4)27-20;2-1(3)4/h6-7,9-12,15,23,28H,5,8H2,1-4H3;1H/t12?,15-,23?;/m1./s1. The van der Waals surface area contributed by atoms with Crippen LogP contribution in [-0.4, -0.2) is 16.6 Å². The average molecular weight is 451 g/mol. The Labute approximate surface area is 184 Å². The van der Waals surface area contributed by atoms with Gasteiger partial charge in [0.2, 0.25) is 0 Å². The second kappa shape index (κ2) is 9.79. The van der Waals surface area contributed by atoms with Gasteiger partial charge in [0.05, 0.1) is 11.6 Å². The van der Waals surface area contributed by atoms with Crippen LogP contribution in [0.5, 0.6) is 0 Å². The highest BCUT2D eigenvalue weighted by Gasteiger charge is 2.34. The summed E-state index contributed by atoms with van der Waals surface area (Å²) >= 11 is 0. The normalized spacial score (nSPS) is 20.0. The van der Waals surface area contributed by atoms with Gasteiger partial charge in [-0.3, -0.25) is 0 Å². The third-order valence-electron chi connectivity index (χ3n) is 6.04. The van der Waals surface area contributed by atoms with E-state index in [2.05, 4.69) is 29.1 Å². The van der Waals surface area contributed by atoms with Crippen molar-refractivity contribution in [1.29, 1.82) is 0 Å². The fourth-order valence-corrected chi connectivity index (χ4v) is 4.62. The summed E-state index contributed by atoms with van der Waals surface area (Å²) < 4.78 is 57.5. The van der Waals surface area contributed by atoms with E-state index in [-0.39, 0.29) is 17.7 Å². The van der Waals surface area contributed by atoms with Gasteiger partial charge in [0.1, 0.15) is 17.5 Å². The Kier molecular flexibility index (Phi) is 7.31. The Bertz CT molecular complexity index is 1090. The Morgan fingerprint density at radius 1 is 1.12 bits per heavy atom. The minimum Gasteiger partial charge on any atom is -0.377 e. The molecule has 0 radical (unpaired) electrons. The highest BCUT2D eigenvalue weighted by molar-refractivity contribution is 5.91. The number of hydrogen-bond donors (Lipinski definition) is 1. The lowest BCUT2D eigenvalue weighted by molar-refractivity contribution is 0.00819. The average Bonchev–Trinajstić information content (AvgIpc) is 2.71. The summed E-state index contributed by atoms with van der Waals surface area (Å²) in [4.78, 5) is 8.65. The van der Waals surface area contributed by atoms with Gasteiger partial charge in [0.25, 0.3) is 0 Å². The van der Waals surface area contributed by atoms with Crippen LogP contribution in [0.1, 0.15) is 61.2 Å². The van der Waals surface area contributed by atoms with Crippen molar-refractivity contribution in [1.82, 2.24) is 9.97 Å². The highest BCUT2D eigenvalue weighted by atomic mass is 19.4. The summed E-state index contributed by atoms with van der Waals surface area (Å²) in [6.45, 7) is 4.33. The molecule has 4 rings (SSSR count). The molecule has 2 aromatic carbocycles. The van der Waals surface area contributed by atoms with Crippen molar-refractivity contribution in [2.75, 3.05) is 5.32 Å². The predicted octanol–water partition coefficient (Wildman–Crippen LogP) is 7.39. The summed E-state index contributed by atoms with van der Waals surface area (Å²) in [5.41, 5.74) is 4.20. The molecule has 8 heteroatoms. The zero-order chi connectivity index (χ0) is 23.6. The second-order valence-electron chi connectivity index (χ2n) is 8.17. The lowest BCUT2D eigenvalue weighted by Crippen LogP contribution is -2.28. The van der Waals surface area contributed by atoms with Crippen molar-refractivity contribution in [2.24, 2.45) is 5.92 Å². The molecule has 0 saturated carbocycles. The number of hydrogen-bond acceptors (Lipinski definition) is 3. The van der Waals surface area contributed by atoms with E-state index in [4.69, 9.17) is 0 Å². The summed E-state index contributed by atoms with van der Waals surface area (Å²) in [7, 11) is 0. The van der Waals surface area contributed by atoms with Gasteiger partial charge in [-0.2, -0.15) is 13.2 Å². The number of nitrogens with one attached hydrogen (secondary N) is 1. The molecular weight excluding hydrogens is 425 g/mol. The van der Waals surface area contributed by atoms with Gasteiger partial charge in [0.15, 0.2) is 0 Å². The maximum Gasteiger partial charge on any atom is 0.379 e. The number of alkyl halides is 3. The number of fused-ring (bicyclic) bond motifs is 2. The number of nitrogens with zero attached hydrogens (tertiary/aromatic N) is 2. The third kappa shape index (κ3) is 5.00. The van der Waals surface area contributed by atoms with E-state index >= 15 is 0 Å². The molecule has 0 spiro atoms. The van der Waals surface area contributed by atoms with Crippen LogP contribution in [-0.2, 0) is 0 Å². The number of halogens is 5. The summed E-state index contributed by atoms with van der Waals surface area (Å²) in [5.74, 6) is 0.780. The fourth-order valence-electron chi connectivity index (χ4n) is 4.62. The van der Waals surface area contributed by atoms with Crippen LogP contribution in [0.4, 0.5) is 27.6 Å². The largest absolute Gasteiger partial charge is 0.379 e. The van der Waals surface area contributed by atoms with Crippen LogP contribution in [0.25, 0.3) is 10.9 Å². The summed E-state index contributed by atoms with van der Waals surface area (Å²) in [6.07, 6.45) is 3.68. The Morgan fingerprint density at radius 2 is 1.81 bits per heavy atom. The molecule has 0 amide bonds. The molecule has 3 nitrogen and oxygen atoms in total. The Balaban J connectivity index is 0.000000668. The van der Waals surface area contributed by atoms with E-state index in [9.17, 15) is 22.0 Å². The molecule has 1 heterocycles. The van der Waals surface area contributed by atoms with Gasteiger partial charge < -0.3 is 5.32 Å². The molecule has 172 valence electrons. The molecule has 1 aliphatic carbocycles. The van der Waals surface area contributed by atoms with Crippen LogP contribution in [0.15, 0.2) is 30.5 Å². The van der Waals surface area contributed by atoms with Crippen molar-refractivity contribution in [3.8, 4) is 0 Å². The number of rotatable bonds is 3. The van der Waals surface area contributed by atoms with E-state index in [0.29, 0.717) is 28.9 Å². The van der Waals surface area contributed by atoms with Crippen molar-refractivity contribution in [3.05, 3.63) is 64.6 Å². The first-order valence-corrected chi connectivity index (χ1v) is 10.5. The third-order valence-corrected chi connectivity index (χ3v) is 6.04. The fraction of sp³-hybridized carbons (Fsp3) is 0.417. The first kappa shape index (κ1) is 23.9. The molecule has 32 heavy (non-hydrogen) atoms. The van der Waals surface area contributed by atoms with E-state index in [1.54, 1.807) is 19.2 Å². The number of aryl methyl sites for hydroxylation is 1. The molecule has 3 aromatic rings. The van der Waals surface area contributed by atoms with Crippen LogP contribution in [0.2, 0.25) is 0 Å². The Morgan fingerprint density at radius 3 is 2.47 bits per heavy atom. The van der Waals surface area contributed by atoms with Gasteiger partial charge in [-0.05, 0) is 67.3 Å². The zero-order valence-electron chi connectivity index (χ0n) is 18.4. The summed E-state index contributed by atoms with van der Waals surface area (Å²) in [6, 6.07) is 6.33. The van der Waals surface area contributed by atoms with E-state index in [1.807, 2.05) is 13.0 Å². The maximum absolute atomic E-state index is 14.3. The monoisotopic (exact) mass is 451 g/mol. The minimum atomic E-state index is -3.67. The maximum atomic E-state index is 14.3. The number of aromatic nitrogens is 2. The van der Waals surface area contributed by atoms with Crippen molar-refractivity contribution in [2.45, 2.75) is 59.2 Å². The van der Waals surface area contributed by atoms with Gasteiger partial charge in [-0.25, -0.2) is 18.7 Å². The zero-order valence-corrected chi connectivity index (χ0v) is 18.4. The molecule has 0 fully saturated rings. The lowest BCUT2D eigenvalue weighted by atomic mass is 9.72. The Hall–Kier alpha value is -2.77. The van der Waals surface area contributed by atoms with Crippen LogP contribution in [0, 0.1) is 31.4 Å². The van der Waals surface area contributed by atoms with Crippen molar-refractivity contribution >= 4 is 16.6 Å². The number of benzene rings is 2. The quantitative estimate of drug-likeness (QED) is 0.422. The molecule has 1 aliphatic rings. The molecule has 0 saturated heterocycles. The molecule has 0 aliphatic heterocycles. The smallest absolute Gasteiger partial charge is 0.377 e. The summed E-state index contributed by atoms with van der Waals surface area (Å²) in [5, 5.41) is 4.33. The topological polar surface area (TPSA) is 37.8 Å². The van der Waals surface area contributed by atoms with Crippen LogP contribution < -0.4 is 5.32 Å². The second-order valence-corrected chi connectivity index (χ2v) is 8.17. The lowest BCUT2D eigenvalue weighted by Gasteiger charge is -2.38. The van der Waals surface area contributed by atoms with Gasteiger partial charge in [0, 0.05) is 23.3 Å². The predicted molar refractivity (Wildman–Crippen MR) is 116 cm³/mol. The molecule has 3 atom stereocenters. The van der Waals surface area contributed by atoms with E-state index in [1.165, 1.54) is 12.1 Å². The molecule has 1 aromatic heterocycles. The molecule has 0 bridgehead atoms. The van der Waals surface area contributed by atoms with Crippen molar-refractivity contribution < 1.29 is 22.0 Å². The highest BCUT2D eigenvalue weighted by Crippen LogP contribution is 2.46.